The summed E-state index contributed by atoms with van der Waals surface area (Å²) >= 11 is 6.19. The number of carbonyl (C=O) groups excluding carboxylic acids is 4. The number of nitrogens with zero attached hydrogens (tertiary/aromatic N) is 2. The minimum absolute atomic E-state index is 0.161. The van der Waals surface area contributed by atoms with Gasteiger partial charge in [-0.2, -0.15) is 0 Å². The van der Waals surface area contributed by atoms with Crippen LogP contribution in [0, 0.1) is 0 Å². The van der Waals surface area contributed by atoms with Crippen molar-refractivity contribution in [2.45, 2.75) is 12.5 Å². The average Bonchev–Trinajstić information content (AvgIpc) is 2.92. The van der Waals surface area contributed by atoms with Gasteiger partial charge in [0.2, 0.25) is 5.91 Å². The van der Waals surface area contributed by atoms with Gasteiger partial charge in [0.25, 0.3) is 11.8 Å². The smallest absolute Gasteiger partial charge is 0.325 e. The molecule has 0 aliphatic carbocycles. The molecule has 2 aromatic rings. The summed E-state index contributed by atoms with van der Waals surface area (Å²) in [6.07, 6.45) is 0. The van der Waals surface area contributed by atoms with Crippen LogP contribution in [-0.2, 0) is 15.1 Å². The Morgan fingerprint density at radius 1 is 1.10 bits per heavy atom. The zero-order valence-corrected chi connectivity index (χ0v) is 17.5. The first-order valence-electron chi connectivity index (χ1n) is 9.14. The van der Waals surface area contributed by atoms with Crippen molar-refractivity contribution in [3.63, 3.8) is 0 Å². The minimum Gasteiger partial charge on any atom is -0.345 e. The van der Waals surface area contributed by atoms with E-state index in [0.717, 1.165) is 4.90 Å². The Bertz CT molecular complexity index is 1020. The molecule has 0 saturated carbocycles. The fourth-order valence-corrected chi connectivity index (χ4v) is 3.51. The number of hydrogen-bond donors (Lipinski definition) is 2. The normalized spacial score (nSPS) is 18.2. The monoisotopic (exact) mass is 428 g/mol. The van der Waals surface area contributed by atoms with Crippen LogP contribution in [0.2, 0.25) is 5.02 Å². The highest BCUT2D eigenvalue weighted by Gasteiger charge is 2.50. The Kier molecular flexibility index (Phi) is 5.80. The highest BCUT2D eigenvalue weighted by atomic mass is 35.5. The molecule has 1 aliphatic rings. The number of anilines is 1. The Morgan fingerprint density at radius 3 is 2.33 bits per heavy atom. The summed E-state index contributed by atoms with van der Waals surface area (Å²) in [7, 11) is 3.29. The number of urea groups is 1. The largest absolute Gasteiger partial charge is 0.345 e. The van der Waals surface area contributed by atoms with Crippen molar-refractivity contribution in [2.75, 3.05) is 26.0 Å². The molecule has 30 heavy (non-hydrogen) atoms. The molecule has 156 valence electrons. The maximum absolute atomic E-state index is 12.9. The molecule has 2 aromatic carbocycles. The second-order valence-corrected chi connectivity index (χ2v) is 7.66. The third kappa shape index (κ3) is 3.99. The second kappa shape index (κ2) is 8.16. The molecular weight excluding hydrogens is 408 g/mol. The Balaban J connectivity index is 1.70. The summed E-state index contributed by atoms with van der Waals surface area (Å²) in [5, 5.41) is 5.58. The van der Waals surface area contributed by atoms with Gasteiger partial charge in [0.15, 0.2) is 0 Å². The lowest BCUT2D eigenvalue weighted by molar-refractivity contribution is -0.133. The van der Waals surface area contributed by atoms with Crippen LogP contribution in [-0.4, -0.2) is 54.2 Å². The van der Waals surface area contributed by atoms with E-state index in [4.69, 9.17) is 11.6 Å². The van der Waals surface area contributed by atoms with Crippen molar-refractivity contribution < 1.29 is 19.2 Å². The Hall–Kier alpha value is -3.39. The van der Waals surface area contributed by atoms with E-state index in [9.17, 15) is 19.2 Å². The van der Waals surface area contributed by atoms with Crippen molar-refractivity contribution in [1.29, 1.82) is 0 Å². The van der Waals surface area contributed by atoms with Gasteiger partial charge in [-0.1, -0.05) is 29.8 Å². The predicted octanol–water partition coefficient (Wildman–Crippen LogP) is 2.45. The molecule has 8 nitrogen and oxygen atoms in total. The standard InChI is InChI=1S/C21H21ClN4O4/c1-21(15-6-4-5-7-16(15)22)19(29)26(20(30)24-21)12-17(27)23-14-10-8-13(9-11-14)18(28)25(2)3/h4-11H,12H2,1-3H3,(H,23,27)(H,24,30)/t21-/m1/s1. The molecule has 0 spiro atoms. The fourth-order valence-electron chi connectivity index (χ4n) is 3.19. The second-order valence-electron chi connectivity index (χ2n) is 7.25. The average molecular weight is 429 g/mol. The molecule has 1 aliphatic heterocycles. The van der Waals surface area contributed by atoms with Crippen LogP contribution in [0.5, 0.6) is 0 Å². The summed E-state index contributed by atoms with van der Waals surface area (Å²) in [4.78, 5) is 51.9. The van der Waals surface area contributed by atoms with E-state index in [1.807, 2.05) is 0 Å². The molecule has 0 bridgehead atoms. The first kappa shape index (κ1) is 21.3. The third-order valence-electron chi connectivity index (χ3n) is 4.81. The Labute approximate surface area is 178 Å². The van der Waals surface area contributed by atoms with E-state index < -0.39 is 29.9 Å². The number of imide groups is 1. The predicted molar refractivity (Wildman–Crippen MR) is 112 cm³/mol. The Morgan fingerprint density at radius 2 is 1.73 bits per heavy atom. The molecule has 5 amide bonds. The van der Waals surface area contributed by atoms with Gasteiger partial charge in [-0.25, -0.2) is 4.79 Å². The molecule has 1 heterocycles. The highest BCUT2D eigenvalue weighted by Crippen LogP contribution is 2.33. The third-order valence-corrected chi connectivity index (χ3v) is 5.14. The number of amides is 5. The van der Waals surface area contributed by atoms with E-state index in [-0.39, 0.29) is 5.91 Å². The summed E-state index contributed by atoms with van der Waals surface area (Å²) in [6, 6.07) is 12.4. The van der Waals surface area contributed by atoms with E-state index in [1.54, 1.807) is 69.6 Å². The molecule has 0 radical (unpaired) electrons. The van der Waals surface area contributed by atoms with Crippen molar-refractivity contribution in [3.05, 3.63) is 64.7 Å². The molecule has 0 unspecified atom stereocenters. The van der Waals surface area contributed by atoms with Gasteiger partial charge in [0.1, 0.15) is 12.1 Å². The quantitative estimate of drug-likeness (QED) is 0.714. The van der Waals surface area contributed by atoms with Crippen LogP contribution >= 0.6 is 11.6 Å². The number of hydrogen-bond acceptors (Lipinski definition) is 4. The van der Waals surface area contributed by atoms with Gasteiger partial charge in [-0.3, -0.25) is 19.3 Å². The van der Waals surface area contributed by atoms with Gasteiger partial charge in [0.05, 0.1) is 0 Å². The van der Waals surface area contributed by atoms with Crippen LogP contribution in [0.15, 0.2) is 48.5 Å². The van der Waals surface area contributed by atoms with Gasteiger partial charge >= 0.3 is 6.03 Å². The zero-order chi connectivity index (χ0) is 22.1. The zero-order valence-electron chi connectivity index (χ0n) is 16.7. The first-order valence-corrected chi connectivity index (χ1v) is 9.52. The van der Waals surface area contributed by atoms with Crippen LogP contribution in [0.1, 0.15) is 22.8 Å². The van der Waals surface area contributed by atoms with Crippen LogP contribution < -0.4 is 10.6 Å². The minimum atomic E-state index is -1.36. The van der Waals surface area contributed by atoms with Crippen LogP contribution in [0.4, 0.5) is 10.5 Å². The van der Waals surface area contributed by atoms with Crippen molar-refractivity contribution >= 4 is 41.0 Å². The lowest BCUT2D eigenvalue weighted by Crippen LogP contribution is -2.42. The molecule has 9 heteroatoms. The molecule has 2 N–H and O–H groups in total. The lowest BCUT2D eigenvalue weighted by atomic mass is 9.92. The summed E-state index contributed by atoms with van der Waals surface area (Å²) in [5.41, 5.74) is 0.0112. The maximum atomic E-state index is 12.9. The van der Waals surface area contributed by atoms with E-state index in [0.29, 0.717) is 21.8 Å². The number of nitrogens with one attached hydrogen (secondary N) is 2. The molecule has 1 atom stereocenters. The van der Waals surface area contributed by atoms with Gasteiger partial charge in [0, 0.05) is 35.9 Å². The summed E-state index contributed by atoms with van der Waals surface area (Å²) < 4.78 is 0. The first-order chi connectivity index (χ1) is 14.1. The molecular formula is C21H21ClN4O4. The topological polar surface area (TPSA) is 98.8 Å². The van der Waals surface area contributed by atoms with Crippen LogP contribution in [0.25, 0.3) is 0 Å². The summed E-state index contributed by atoms with van der Waals surface area (Å²) in [5.74, 6) is -1.28. The van der Waals surface area contributed by atoms with Crippen molar-refractivity contribution in [2.24, 2.45) is 0 Å². The molecule has 1 saturated heterocycles. The molecule has 0 aromatic heterocycles. The number of halogens is 1. The van der Waals surface area contributed by atoms with Crippen LogP contribution in [0.3, 0.4) is 0 Å². The highest BCUT2D eigenvalue weighted by molar-refractivity contribution is 6.32. The number of benzene rings is 2. The van der Waals surface area contributed by atoms with Gasteiger partial charge < -0.3 is 15.5 Å². The van der Waals surface area contributed by atoms with Gasteiger partial charge in [-0.05, 0) is 37.3 Å². The molecule has 1 fully saturated rings. The number of carbonyl (C=O) groups is 4. The van der Waals surface area contributed by atoms with E-state index >= 15 is 0 Å². The van der Waals surface area contributed by atoms with Crippen molar-refractivity contribution in [3.8, 4) is 0 Å². The number of rotatable bonds is 5. The SMILES string of the molecule is CN(C)C(=O)c1ccc(NC(=O)CN2C(=O)N[C@](C)(c3ccccc3Cl)C2=O)cc1. The van der Waals surface area contributed by atoms with E-state index in [1.165, 1.54) is 4.90 Å². The molecule has 3 rings (SSSR count). The summed E-state index contributed by atoms with van der Waals surface area (Å²) in [6.45, 7) is 1.09. The van der Waals surface area contributed by atoms with Crippen molar-refractivity contribution in [1.82, 2.24) is 15.1 Å². The maximum Gasteiger partial charge on any atom is 0.325 e. The fraction of sp³-hybridized carbons (Fsp3) is 0.238. The van der Waals surface area contributed by atoms with Gasteiger partial charge in [-0.15, -0.1) is 0 Å². The van der Waals surface area contributed by atoms with E-state index in [2.05, 4.69) is 10.6 Å². The lowest BCUT2D eigenvalue weighted by Gasteiger charge is -2.23.